The monoisotopic (exact) mass is 453 g/mol. The van der Waals surface area contributed by atoms with E-state index in [1.807, 2.05) is 12.1 Å². The van der Waals surface area contributed by atoms with Crippen molar-refractivity contribution >= 4 is 5.91 Å². The number of benzene rings is 2. The Kier molecular flexibility index (Phi) is 7.02. The van der Waals surface area contributed by atoms with Gasteiger partial charge in [0.05, 0.1) is 17.2 Å². The number of nitrogens with one attached hydrogen (secondary N) is 1. The lowest BCUT2D eigenvalue weighted by Gasteiger charge is -2.18. The van der Waals surface area contributed by atoms with Crippen molar-refractivity contribution in [2.45, 2.75) is 33.0 Å². The Hall–Kier alpha value is -3.86. The smallest absolute Gasteiger partial charge is 0.352 e. The van der Waals surface area contributed by atoms with Crippen molar-refractivity contribution in [3.8, 4) is 17.2 Å². The quantitative estimate of drug-likeness (QED) is 0.588. The number of aryl methyl sites for hydroxylation is 2. The largest absolute Gasteiger partial charge is 0.416 e. The molecule has 33 heavy (non-hydrogen) atoms. The van der Waals surface area contributed by atoms with E-state index in [1.165, 1.54) is 18.3 Å². The number of carbonyl (C=O) groups excluding carboxylic acids is 1. The molecule has 0 aliphatic carbocycles. The van der Waals surface area contributed by atoms with E-state index in [-0.39, 0.29) is 16.7 Å². The topological polar surface area (TPSA) is 74.9 Å². The van der Waals surface area contributed by atoms with Crippen LogP contribution >= 0.6 is 0 Å². The highest BCUT2D eigenvalue weighted by Crippen LogP contribution is 2.32. The van der Waals surface area contributed by atoms with Crippen LogP contribution in [0.5, 0.6) is 0 Å². The van der Waals surface area contributed by atoms with Crippen molar-refractivity contribution in [3.63, 3.8) is 0 Å². The maximum absolute atomic E-state index is 13.3. The summed E-state index contributed by atoms with van der Waals surface area (Å²) in [5.74, 6) is -0.581. The summed E-state index contributed by atoms with van der Waals surface area (Å²) in [6, 6.07) is 13.6. The second-order valence-corrected chi connectivity index (χ2v) is 7.52. The molecule has 0 radical (unpaired) electrons. The van der Waals surface area contributed by atoms with Gasteiger partial charge in [0.15, 0.2) is 0 Å². The minimum Gasteiger partial charge on any atom is -0.352 e. The summed E-state index contributed by atoms with van der Waals surface area (Å²) in [7, 11) is 0. The molecule has 1 heterocycles. The molecule has 0 fully saturated rings. The van der Waals surface area contributed by atoms with Crippen LogP contribution in [0.2, 0.25) is 0 Å². The second-order valence-electron chi connectivity index (χ2n) is 7.52. The van der Waals surface area contributed by atoms with Crippen LogP contribution in [0, 0.1) is 18.3 Å². The molecule has 0 aliphatic heterocycles. The maximum atomic E-state index is 13.3. The lowest BCUT2D eigenvalue weighted by atomic mass is 9.98. The average Bonchev–Trinajstić information content (AvgIpc) is 2.79. The number of nitriles is 1. The molecule has 170 valence electrons. The van der Waals surface area contributed by atoms with Crippen molar-refractivity contribution in [1.82, 2.24) is 9.88 Å². The molecule has 0 spiro atoms. The molecule has 3 aromatic rings. The predicted molar refractivity (Wildman–Crippen MR) is 119 cm³/mol. The summed E-state index contributed by atoms with van der Waals surface area (Å²) in [6.07, 6.45) is -2.58. The lowest BCUT2D eigenvalue weighted by molar-refractivity contribution is -0.137. The van der Waals surface area contributed by atoms with Crippen LogP contribution in [-0.4, -0.2) is 17.0 Å². The minimum atomic E-state index is -4.56. The molecule has 3 rings (SSSR count). The number of amides is 1. The summed E-state index contributed by atoms with van der Waals surface area (Å²) in [5.41, 5.74) is 0.473. The summed E-state index contributed by atoms with van der Waals surface area (Å²) in [5, 5.41) is 11.5. The number of pyridine rings is 1. The van der Waals surface area contributed by atoms with E-state index in [9.17, 15) is 22.8 Å². The van der Waals surface area contributed by atoms with Crippen LogP contribution in [0.25, 0.3) is 11.1 Å². The fourth-order valence-electron chi connectivity index (χ4n) is 3.59. The van der Waals surface area contributed by atoms with E-state index in [4.69, 9.17) is 5.26 Å². The Bertz CT molecular complexity index is 1270. The minimum absolute atomic E-state index is 0.0599. The number of hydrogen-bond donors (Lipinski definition) is 1. The van der Waals surface area contributed by atoms with Gasteiger partial charge in [-0.3, -0.25) is 9.59 Å². The number of nitrogens with zero attached hydrogens (tertiary/aromatic N) is 2. The second kappa shape index (κ2) is 9.74. The first-order valence-corrected chi connectivity index (χ1v) is 10.3. The fraction of sp³-hybridized carbons (Fsp3) is 0.240. The van der Waals surface area contributed by atoms with Crippen LogP contribution in [0.1, 0.15) is 39.7 Å². The molecule has 0 bridgehead atoms. The van der Waals surface area contributed by atoms with Gasteiger partial charge in [-0.1, -0.05) is 24.3 Å². The van der Waals surface area contributed by atoms with Gasteiger partial charge in [0, 0.05) is 30.5 Å². The summed E-state index contributed by atoms with van der Waals surface area (Å²) in [4.78, 5) is 25.7. The number of hydrogen-bond acceptors (Lipinski definition) is 3. The van der Waals surface area contributed by atoms with Crippen molar-refractivity contribution in [1.29, 1.82) is 5.26 Å². The van der Waals surface area contributed by atoms with E-state index in [2.05, 4.69) is 11.4 Å². The highest BCUT2D eigenvalue weighted by atomic mass is 19.4. The SMILES string of the molecule is CCNC(=O)c1cn(CCc2ccc(C#N)cc2)c(C)c(-c2cccc(C(F)(F)F)c2)c1=O. The highest BCUT2D eigenvalue weighted by Gasteiger charge is 2.31. The summed E-state index contributed by atoms with van der Waals surface area (Å²) < 4.78 is 41.5. The molecule has 1 N–H and O–H groups in total. The van der Waals surface area contributed by atoms with E-state index in [0.717, 1.165) is 17.7 Å². The fourth-order valence-corrected chi connectivity index (χ4v) is 3.59. The Balaban J connectivity index is 2.10. The Morgan fingerprint density at radius 3 is 2.45 bits per heavy atom. The molecule has 2 aromatic carbocycles. The molecule has 1 aromatic heterocycles. The van der Waals surface area contributed by atoms with Crippen molar-refractivity contribution in [2.24, 2.45) is 0 Å². The zero-order valence-electron chi connectivity index (χ0n) is 18.2. The first kappa shape index (κ1) is 23.8. The van der Waals surface area contributed by atoms with E-state index in [1.54, 1.807) is 30.5 Å². The first-order valence-electron chi connectivity index (χ1n) is 10.3. The van der Waals surface area contributed by atoms with Crippen LogP contribution in [0.3, 0.4) is 0 Å². The zero-order valence-corrected chi connectivity index (χ0v) is 18.2. The zero-order chi connectivity index (χ0) is 24.2. The molecule has 0 saturated heterocycles. The van der Waals surface area contributed by atoms with Crippen LogP contribution in [0.15, 0.2) is 59.5 Å². The third-order valence-electron chi connectivity index (χ3n) is 5.33. The molecule has 5 nitrogen and oxygen atoms in total. The van der Waals surface area contributed by atoms with Gasteiger partial charge in [0.25, 0.3) is 5.91 Å². The Labute approximate surface area is 189 Å². The standard InChI is InChI=1S/C25H22F3N3O2/c1-3-30-24(33)21-15-31(12-11-17-7-9-18(14-29)10-8-17)16(2)22(23(21)32)19-5-4-6-20(13-19)25(26,27)28/h4-10,13,15H,3,11-12H2,1-2H3,(H,30,33). The number of halogens is 3. The van der Waals surface area contributed by atoms with Gasteiger partial charge in [-0.05, 0) is 55.7 Å². The van der Waals surface area contributed by atoms with Gasteiger partial charge in [-0.2, -0.15) is 18.4 Å². The lowest BCUT2D eigenvalue weighted by Crippen LogP contribution is -2.31. The number of carbonyl (C=O) groups is 1. The molecule has 8 heteroatoms. The van der Waals surface area contributed by atoms with Gasteiger partial charge >= 0.3 is 6.18 Å². The van der Waals surface area contributed by atoms with E-state index >= 15 is 0 Å². The first-order chi connectivity index (χ1) is 15.7. The molecular formula is C25H22F3N3O2. The number of alkyl halides is 3. The van der Waals surface area contributed by atoms with Gasteiger partial charge in [0.1, 0.15) is 5.56 Å². The van der Waals surface area contributed by atoms with Crippen molar-refractivity contribution in [3.05, 3.63) is 92.9 Å². The van der Waals surface area contributed by atoms with E-state index < -0.39 is 23.1 Å². The van der Waals surface area contributed by atoms with Crippen LogP contribution in [-0.2, 0) is 19.1 Å². The highest BCUT2D eigenvalue weighted by molar-refractivity contribution is 5.95. The Morgan fingerprint density at radius 2 is 1.85 bits per heavy atom. The predicted octanol–water partition coefficient (Wildman–Crippen LogP) is 4.71. The average molecular weight is 453 g/mol. The third-order valence-corrected chi connectivity index (χ3v) is 5.33. The van der Waals surface area contributed by atoms with Gasteiger partial charge in [0.2, 0.25) is 5.43 Å². The Morgan fingerprint density at radius 1 is 1.15 bits per heavy atom. The van der Waals surface area contributed by atoms with Gasteiger partial charge < -0.3 is 9.88 Å². The molecule has 0 aliphatic rings. The van der Waals surface area contributed by atoms with Crippen molar-refractivity contribution < 1.29 is 18.0 Å². The third kappa shape index (κ3) is 5.32. The molecule has 0 unspecified atom stereocenters. The molecule has 0 saturated carbocycles. The van der Waals surface area contributed by atoms with Crippen LogP contribution < -0.4 is 10.7 Å². The van der Waals surface area contributed by atoms with Gasteiger partial charge in [-0.25, -0.2) is 0 Å². The normalized spacial score (nSPS) is 11.2. The summed E-state index contributed by atoms with van der Waals surface area (Å²) in [6.45, 7) is 4.05. The van der Waals surface area contributed by atoms with E-state index in [0.29, 0.717) is 30.8 Å². The molecule has 1 amide bonds. The number of aromatic nitrogens is 1. The maximum Gasteiger partial charge on any atom is 0.416 e. The number of rotatable bonds is 6. The van der Waals surface area contributed by atoms with Crippen molar-refractivity contribution in [2.75, 3.05) is 6.54 Å². The molecule has 0 atom stereocenters. The summed E-state index contributed by atoms with van der Waals surface area (Å²) >= 11 is 0. The van der Waals surface area contributed by atoms with Crippen LogP contribution in [0.4, 0.5) is 13.2 Å². The van der Waals surface area contributed by atoms with Gasteiger partial charge in [-0.15, -0.1) is 0 Å². The molecular weight excluding hydrogens is 431 g/mol.